The van der Waals surface area contributed by atoms with Gasteiger partial charge in [-0.25, -0.2) is 12.2 Å². The Kier molecular flexibility index (Phi) is 2.43. The van der Waals surface area contributed by atoms with Crippen molar-refractivity contribution in [2.75, 3.05) is 14.1 Å². The van der Waals surface area contributed by atoms with Crippen molar-refractivity contribution in [2.24, 2.45) is 0 Å². The summed E-state index contributed by atoms with van der Waals surface area (Å²) < 4.78 is 0.810. The van der Waals surface area contributed by atoms with Gasteiger partial charge in [-0.2, -0.15) is 6.42 Å². The normalized spacial score (nSPS) is 24.6. The molecule has 1 aliphatic heterocycles. The van der Waals surface area contributed by atoms with Crippen molar-refractivity contribution in [1.29, 1.82) is 0 Å². The molecule has 0 amide bonds. The summed E-state index contributed by atoms with van der Waals surface area (Å²) in [6.45, 7) is 0. The zero-order valence-electron chi connectivity index (χ0n) is 11.6. The van der Waals surface area contributed by atoms with Crippen LogP contribution in [0.2, 0.25) is 0 Å². The van der Waals surface area contributed by atoms with Crippen LogP contribution in [0.15, 0.2) is 48.5 Å². The van der Waals surface area contributed by atoms with E-state index >= 15 is 0 Å². The lowest BCUT2D eigenvalue weighted by Gasteiger charge is -2.54. The zero-order chi connectivity index (χ0) is 14.0. The number of rotatable bonds is 0. The number of quaternary nitrogens is 1. The summed E-state index contributed by atoms with van der Waals surface area (Å²) in [6.07, 6.45) is 6.77. The van der Waals surface area contributed by atoms with Crippen LogP contribution in [0.3, 0.4) is 0 Å². The number of para-hydroxylation sites is 1. The summed E-state index contributed by atoms with van der Waals surface area (Å²) in [5.74, 6) is 0. The summed E-state index contributed by atoms with van der Waals surface area (Å²) in [4.78, 5) is 0. The highest BCUT2D eigenvalue weighted by Crippen LogP contribution is 2.57. The van der Waals surface area contributed by atoms with Gasteiger partial charge in [-0.1, -0.05) is 35.9 Å². The van der Waals surface area contributed by atoms with E-state index in [4.69, 9.17) is 0 Å². The predicted octanol–water partition coefficient (Wildman–Crippen LogP) is 4.75. The van der Waals surface area contributed by atoms with Crippen molar-refractivity contribution in [3.05, 3.63) is 66.1 Å². The molecule has 0 saturated heterocycles. The molecule has 100 valence electrons. The van der Waals surface area contributed by atoms with Crippen LogP contribution in [0, 0.1) is 6.42 Å². The van der Waals surface area contributed by atoms with E-state index in [1.165, 1.54) is 27.9 Å². The monoisotopic (exact) mass is 373 g/mol. The molecule has 4 rings (SSSR count). The van der Waals surface area contributed by atoms with Crippen molar-refractivity contribution in [1.82, 2.24) is 4.48 Å². The molecule has 0 bridgehead atoms. The lowest BCUT2D eigenvalue weighted by Crippen LogP contribution is -2.57. The second kappa shape index (κ2) is 3.89. The minimum Gasteiger partial charge on any atom is -0.290 e. The summed E-state index contributed by atoms with van der Waals surface area (Å²) >= 11 is 2.63. The highest BCUT2D eigenvalue weighted by molar-refractivity contribution is 14.1. The highest BCUT2D eigenvalue weighted by atomic mass is 127. The van der Waals surface area contributed by atoms with Gasteiger partial charge in [-0.05, 0) is 40.3 Å². The average Bonchev–Trinajstić information content (AvgIpc) is 2.46. The van der Waals surface area contributed by atoms with E-state index in [0.29, 0.717) is 0 Å². The molecular weight excluding hydrogens is 357 g/mol. The van der Waals surface area contributed by atoms with Crippen LogP contribution in [-0.2, 0) is 3.55 Å². The molecule has 1 nitrogen and oxygen atoms in total. The van der Waals surface area contributed by atoms with Crippen LogP contribution in [0.1, 0.15) is 11.1 Å². The SMILES string of the molecule is C[N+]1(C)c2ccccc2-c2cccc3c2C1(I)[CH-]C=C3. The number of alkyl halides is 1. The fourth-order valence-corrected chi connectivity index (χ4v) is 4.59. The number of fused-ring (bicyclic) bond motifs is 2. The maximum atomic E-state index is 2.63. The van der Waals surface area contributed by atoms with E-state index in [-0.39, 0.29) is 3.55 Å². The molecular formula is C18H16IN. The first-order valence-corrected chi connectivity index (χ1v) is 7.92. The second-order valence-electron chi connectivity index (χ2n) is 5.94. The van der Waals surface area contributed by atoms with Crippen LogP contribution in [0.5, 0.6) is 0 Å². The van der Waals surface area contributed by atoms with Gasteiger partial charge < -0.3 is 0 Å². The number of halogens is 1. The van der Waals surface area contributed by atoms with Crippen molar-refractivity contribution in [3.8, 4) is 11.1 Å². The van der Waals surface area contributed by atoms with E-state index in [9.17, 15) is 0 Å². The molecule has 0 radical (unpaired) electrons. The smallest absolute Gasteiger partial charge is 0.140 e. The molecule has 0 aromatic heterocycles. The molecule has 1 heterocycles. The molecule has 2 aliphatic rings. The van der Waals surface area contributed by atoms with Gasteiger partial charge >= 0.3 is 0 Å². The Hall–Kier alpha value is -1.26. The van der Waals surface area contributed by atoms with E-state index in [2.05, 4.69) is 97.7 Å². The molecule has 0 N–H and O–H groups in total. The molecule has 0 fully saturated rings. The molecule has 20 heavy (non-hydrogen) atoms. The highest BCUT2D eigenvalue weighted by Gasteiger charge is 2.49. The third-order valence-corrected chi connectivity index (χ3v) is 6.76. The Balaban J connectivity index is 2.19. The van der Waals surface area contributed by atoms with Gasteiger partial charge in [0.05, 0.1) is 14.1 Å². The van der Waals surface area contributed by atoms with Gasteiger partial charge in [0.1, 0.15) is 9.23 Å². The zero-order valence-corrected chi connectivity index (χ0v) is 13.8. The Morgan fingerprint density at radius 3 is 2.60 bits per heavy atom. The topological polar surface area (TPSA) is 0 Å². The molecule has 2 aromatic rings. The maximum Gasteiger partial charge on any atom is 0.140 e. The standard InChI is InChI=1S/C18H16IN/c1-20(2)16-11-4-3-9-14(16)15-10-5-7-13-8-6-12-18(20,19)17(13)15/h3-12H,1-2H3. The van der Waals surface area contributed by atoms with Gasteiger partial charge in [-0.3, -0.25) is 4.48 Å². The molecule has 1 unspecified atom stereocenters. The third kappa shape index (κ3) is 1.33. The lowest BCUT2D eigenvalue weighted by molar-refractivity contribution is 0.310. The molecule has 0 saturated carbocycles. The number of nitrogens with zero attached hydrogens (tertiary/aromatic N) is 1. The first kappa shape index (κ1) is 12.5. The Bertz CT molecular complexity index is 745. The molecule has 1 atom stereocenters. The Labute approximate surface area is 133 Å². The van der Waals surface area contributed by atoms with Crippen molar-refractivity contribution < 1.29 is 0 Å². The van der Waals surface area contributed by atoms with Gasteiger partial charge in [-0.15, -0.1) is 0 Å². The van der Waals surface area contributed by atoms with Gasteiger partial charge in [0.15, 0.2) is 0 Å². The fourth-order valence-electron chi connectivity index (χ4n) is 3.52. The van der Waals surface area contributed by atoms with Gasteiger partial charge in [0.25, 0.3) is 0 Å². The minimum absolute atomic E-state index is 0.0349. The second-order valence-corrected chi connectivity index (χ2v) is 7.58. The minimum atomic E-state index is -0.0349. The average molecular weight is 373 g/mol. The maximum absolute atomic E-state index is 2.63. The largest absolute Gasteiger partial charge is 0.290 e. The number of hydrogen-bond acceptors (Lipinski definition) is 0. The van der Waals surface area contributed by atoms with Gasteiger partial charge in [0, 0.05) is 11.1 Å². The van der Waals surface area contributed by atoms with Crippen molar-refractivity contribution in [2.45, 2.75) is 3.55 Å². The first-order valence-electron chi connectivity index (χ1n) is 6.85. The lowest BCUT2D eigenvalue weighted by atomic mass is 9.80. The van der Waals surface area contributed by atoms with Crippen LogP contribution in [-0.4, -0.2) is 14.1 Å². The molecule has 0 spiro atoms. The Morgan fingerprint density at radius 2 is 1.75 bits per heavy atom. The van der Waals surface area contributed by atoms with E-state index in [1.54, 1.807) is 0 Å². The van der Waals surface area contributed by atoms with Gasteiger partial charge in [0.2, 0.25) is 0 Å². The van der Waals surface area contributed by atoms with E-state index in [1.807, 2.05) is 0 Å². The fraction of sp³-hybridized carbons (Fsp3) is 0.167. The Morgan fingerprint density at radius 1 is 1.00 bits per heavy atom. The van der Waals surface area contributed by atoms with Crippen LogP contribution < -0.4 is 4.48 Å². The van der Waals surface area contributed by atoms with Crippen LogP contribution in [0.4, 0.5) is 5.69 Å². The predicted molar refractivity (Wildman–Crippen MR) is 94.6 cm³/mol. The summed E-state index contributed by atoms with van der Waals surface area (Å²) in [5.41, 5.74) is 6.93. The summed E-state index contributed by atoms with van der Waals surface area (Å²) in [5, 5.41) is 0. The van der Waals surface area contributed by atoms with Crippen LogP contribution >= 0.6 is 22.6 Å². The summed E-state index contributed by atoms with van der Waals surface area (Å²) in [6, 6.07) is 15.5. The number of hydrogen-bond donors (Lipinski definition) is 0. The molecule has 2 heteroatoms. The molecule has 2 aromatic carbocycles. The van der Waals surface area contributed by atoms with Crippen molar-refractivity contribution >= 4 is 34.4 Å². The molecule has 1 aliphatic carbocycles. The first-order chi connectivity index (χ1) is 9.56. The summed E-state index contributed by atoms with van der Waals surface area (Å²) in [7, 11) is 4.61. The van der Waals surface area contributed by atoms with E-state index < -0.39 is 0 Å². The quantitative estimate of drug-likeness (QED) is 0.206. The van der Waals surface area contributed by atoms with Crippen LogP contribution in [0.25, 0.3) is 17.2 Å². The number of benzene rings is 2. The van der Waals surface area contributed by atoms with Crippen molar-refractivity contribution in [3.63, 3.8) is 0 Å². The van der Waals surface area contributed by atoms with E-state index in [0.717, 1.165) is 4.48 Å². The third-order valence-electron chi connectivity index (χ3n) is 4.65.